The first-order chi connectivity index (χ1) is 6.68. The van der Waals surface area contributed by atoms with Crippen LogP contribution in [0.25, 0.3) is 11.1 Å². The minimum absolute atomic E-state index is 0.00787. The van der Waals surface area contributed by atoms with Crippen molar-refractivity contribution < 1.29 is 9.50 Å². The van der Waals surface area contributed by atoms with E-state index in [1.165, 1.54) is 6.07 Å². The third-order valence-corrected chi connectivity index (χ3v) is 2.95. The smallest absolute Gasteiger partial charge is 0.126 e. The van der Waals surface area contributed by atoms with E-state index in [-0.39, 0.29) is 5.75 Å². The van der Waals surface area contributed by atoms with Crippen molar-refractivity contribution in [3.05, 3.63) is 40.3 Å². The Morgan fingerprint density at radius 2 is 2.00 bits per heavy atom. The molecule has 0 atom stereocenters. The molecule has 3 heteroatoms. The molecule has 1 aromatic heterocycles. The Morgan fingerprint density at radius 1 is 1.21 bits per heavy atom. The molecular weight excluding hydrogens is 199 g/mol. The number of phenols is 1. The van der Waals surface area contributed by atoms with Crippen LogP contribution in [0.1, 0.15) is 4.88 Å². The summed E-state index contributed by atoms with van der Waals surface area (Å²) in [6.07, 6.45) is 0. The summed E-state index contributed by atoms with van der Waals surface area (Å²) in [6.45, 7) is 1.97. The van der Waals surface area contributed by atoms with Gasteiger partial charge in [-0.25, -0.2) is 4.39 Å². The molecule has 0 aliphatic carbocycles. The fraction of sp³-hybridized carbons (Fsp3) is 0.0909. The second-order valence-electron chi connectivity index (χ2n) is 3.05. The van der Waals surface area contributed by atoms with Gasteiger partial charge in [-0.1, -0.05) is 0 Å². The van der Waals surface area contributed by atoms with Crippen molar-refractivity contribution in [1.82, 2.24) is 0 Å². The monoisotopic (exact) mass is 208 g/mol. The van der Waals surface area contributed by atoms with E-state index < -0.39 is 5.82 Å². The zero-order valence-electron chi connectivity index (χ0n) is 7.62. The van der Waals surface area contributed by atoms with Gasteiger partial charge in [0.2, 0.25) is 0 Å². The summed E-state index contributed by atoms with van der Waals surface area (Å²) in [5.41, 5.74) is 1.65. The molecule has 1 N–H and O–H groups in total. The lowest BCUT2D eigenvalue weighted by atomic mass is 10.1. The first-order valence-electron chi connectivity index (χ1n) is 4.21. The minimum atomic E-state index is -0.417. The van der Waals surface area contributed by atoms with Crippen LogP contribution in [0.4, 0.5) is 4.39 Å². The molecule has 14 heavy (non-hydrogen) atoms. The Morgan fingerprint density at radius 3 is 2.57 bits per heavy atom. The first-order valence-corrected chi connectivity index (χ1v) is 5.09. The minimum Gasteiger partial charge on any atom is -0.507 e. The summed E-state index contributed by atoms with van der Waals surface area (Å²) in [4.78, 5) is 1.12. The van der Waals surface area contributed by atoms with Crippen LogP contribution in [0.2, 0.25) is 0 Å². The molecule has 0 radical (unpaired) electrons. The summed E-state index contributed by atoms with van der Waals surface area (Å²) in [5.74, 6) is -0.425. The van der Waals surface area contributed by atoms with Crippen molar-refractivity contribution >= 4 is 11.3 Å². The quantitative estimate of drug-likeness (QED) is 0.759. The molecular formula is C11H9FOS. The number of hydrogen-bond acceptors (Lipinski definition) is 2. The van der Waals surface area contributed by atoms with E-state index in [1.54, 1.807) is 17.4 Å². The number of rotatable bonds is 1. The van der Waals surface area contributed by atoms with Crippen molar-refractivity contribution in [2.45, 2.75) is 6.92 Å². The van der Waals surface area contributed by atoms with Crippen LogP contribution in [0.15, 0.2) is 29.6 Å². The summed E-state index contributed by atoms with van der Waals surface area (Å²) < 4.78 is 12.7. The highest BCUT2D eigenvalue weighted by molar-refractivity contribution is 7.10. The summed E-state index contributed by atoms with van der Waals surface area (Å²) in [6, 6.07) is 6.01. The van der Waals surface area contributed by atoms with Gasteiger partial charge in [-0.3, -0.25) is 0 Å². The molecule has 0 aliphatic heterocycles. The summed E-state index contributed by atoms with van der Waals surface area (Å²) in [5, 5.41) is 11.5. The van der Waals surface area contributed by atoms with Crippen molar-refractivity contribution in [2.75, 3.05) is 0 Å². The van der Waals surface area contributed by atoms with E-state index in [4.69, 9.17) is 0 Å². The number of aromatic hydroxyl groups is 1. The second kappa shape index (κ2) is 3.42. The Kier molecular flexibility index (Phi) is 2.25. The molecule has 2 rings (SSSR count). The van der Waals surface area contributed by atoms with Gasteiger partial charge in [0, 0.05) is 16.5 Å². The topological polar surface area (TPSA) is 20.2 Å². The molecule has 0 saturated carbocycles. The molecule has 0 saturated heterocycles. The van der Waals surface area contributed by atoms with Crippen LogP contribution < -0.4 is 0 Å². The molecule has 1 nitrogen and oxygen atoms in total. The van der Waals surface area contributed by atoms with Crippen LogP contribution in [0.3, 0.4) is 0 Å². The van der Waals surface area contributed by atoms with Gasteiger partial charge in [-0.2, -0.15) is 0 Å². The third kappa shape index (κ3) is 1.51. The lowest BCUT2D eigenvalue weighted by molar-refractivity contribution is 0.471. The van der Waals surface area contributed by atoms with Crippen LogP contribution >= 0.6 is 11.3 Å². The molecule has 0 amide bonds. The number of hydrogen-bond donors (Lipinski definition) is 1. The van der Waals surface area contributed by atoms with Gasteiger partial charge in [-0.15, -0.1) is 11.3 Å². The highest BCUT2D eigenvalue weighted by Crippen LogP contribution is 2.34. The van der Waals surface area contributed by atoms with Gasteiger partial charge < -0.3 is 5.11 Å². The van der Waals surface area contributed by atoms with Crippen LogP contribution in [0, 0.1) is 12.7 Å². The van der Waals surface area contributed by atoms with Gasteiger partial charge in [0.15, 0.2) is 0 Å². The highest BCUT2D eigenvalue weighted by Gasteiger charge is 2.08. The summed E-state index contributed by atoms with van der Waals surface area (Å²) in [7, 11) is 0. The maximum Gasteiger partial charge on any atom is 0.126 e. The molecule has 0 unspecified atom stereocenters. The van der Waals surface area contributed by atoms with Crippen LogP contribution in [-0.2, 0) is 0 Å². The number of thiophene rings is 1. The normalized spacial score (nSPS) is 10.4. The zero-order valence-corrected chi connectivity index (χ0v) is 8.44. The van der Waals surface area contributed by atoms with E-state index >= 15 is 0 Å². The van der Waals surface area contributed by atoms with Crippen LogP contribution in [-0.4, -0.2) is 5.11 Å². The van der Waals surface area contributed by atoms with Gasteiger partial charge >= 0.3 is 0 Å². The molecule has 0 fully saturated rings. The van der Waals surface area contributed by atoms with Crippen molar-refractivity contribution in [3.8, 4) is 16.9 Å². The van der Waals surface area contributed by atoms with Crippen LogP contribution in [0.5, 0.6) is 5.75 Å². The van der Waals surface area contributed by atoms with Crippen molar-refractivity contribution in [3.63, 3.8) is 0 Å². The summed E-state index contributed by atoms with van der Waals surface area (Å²) >= 11 is 1.61. The lowest BCUT2D eigenvalue weighted by Gasteiger charge is -2.03. The molecule has 0 aliphatic rings. The predicted octanol–water partition coefficient (Wildman–Crippen LogP) is 3.57. The Hall–Kier alpha value is -1.35. The Labute approximate surface area is 85.5 Å². The fourth-order valence-electron chi connectivity index (χ4n) is 1.40. The molecule has 1 aromatic carbocycles. The van der Waals surface area contributed by atoms with Gasteiger partial charge in [0.25, 0.3) is 0 Å². The molecule has 1 heterocycles. The van der Waals surface area contributed by atoms with E-state index in [0.29, 0.717) is 5.56 Å². The lowest BCUT2D eigenvalue weighted by Crippen LogP contribution is -1.80. The third-order valence-electron chi connectivity index (χ3n) is 2.11. The van der Waals surface area contributed by atoms with E-state index in [1.807, 2.05) is 18.4 Å². The highest BCUT2D eigenvalue weighted by atomic mass is 32.1. The Bertz CT molecular complexity index is 462. The molecule has 0 bridgehead atoms. The molecule has 2 aromatic rings. The SMILES string of the molecule is Cc1sccc1-c1ccc(F)cc1O. The fourth-order valence-corrected chi connectivity index (χ4v) is 2.11. The van der Waals surface area contributed by atoms with E-state index in [9.17, 15) is 9.50 Å². The number of benzene rings is 1. The number of halogens is 1. The predicted molar refractivity (Wildman–Crippen MR) is 56.1 cm³/mol. The average molecular weight is 208 g/mol. The van der Waals surface area contributed by atoms with Gasteiger partial charge in [-0.05, 0) is 36.1 Å². The number of phenolic OH excluding ortho intramolecular Hbond substituents is 1. The van der Waals surface area contributed by atoms with Crippen molar-refractivity contribution in [1.29, 1.82) is 0 Å². The maximum absolute atomic E-state index is 12.7. The number of aryl methyl sites for hydroxylation is 1. The molecule has 72 valence electrons. The first kappa shape index (κ1) is 9.21. The average Bonchev–Trinajstić information content (AvgIpc) is 2.52. The second-order valence-corrected chi connectivity index (χ2v) is 4.17. The largest absolute Gasteiger partial charge is 0.507 e. The standard InChI is InChI=1S/C11H9FOS/c1-7-9(4-5-14-7)10-3-2-8(12)6-11(10)13/h2-6,13H,1H3. The van der Waals surface area contributed by atoms with E-state index in [0.717, 1.165) is 16.5 Å². The zero-order chi connectivity index (χ0) is 10.1. The molecule has 0 spiro atoms. The van der Waals surface area contributed by atoms with Crippen molar-refractivity contribution in [2.24, 2.45) is 0 Å². The Balaban J connectivity index is 2.58. The maximum atomic E-state index is 12.7. The van der Waals surface area contributed by atoms with Gasteiger partial charge in [0.05, 0.1) is 0 Å². The van der Waals surface area contributed by atoms with Gasteiger partial charge in [0.1, 0.15) is 11.6 Å². The van der Waals surface area contributed by atoms with E-state index in [2.05, 4.69) is 0 Å².